The van der Waals surface area contributed by atoms with Crippen molar-refractivity contribution >= 4 is 32.0 Å². The molecular formula is C31H50N6O6S2. The molecule has 0 aliphatic carbocycles. The van der Waals surface area contributed by atoms with Crippen molar-refractivity contribution in [1.82, 2.24) is 9.44 Å². The van der Waals surface area contributed by atoms with Crippen LogP contribution in [-0.4, -0.2) is 53.5 Å². The van der Waals surface area contributed by atoms with Gasteiger partial charge in [-0.05, 0) is 123 Å². The first-order valence-electron chi connectivity index (χ1n) is 14.6. The van der Waals surface area contributed by atoms with Crippen molar-refractivity contribution in [3.8, 4) is 11.5 Å². The molecule has 2 aromatic carbocycles. The summed E-state index contributed by atoms with van der Waals surface area (Å²) in [4.78, 5) is 8.50. The van der Waals surface area contributed by atoms with Gasteiger partial charge in [0.2, 0.25) is 11.9 Å². The molecule has 0 spiro atoms. The molecule has 252 valence electrons. The Labute approximate surface area is 269 Å². The van der Waals surface area contributed by atoms with Crippen LogP contribution in [0.2, 0.25) is 0 Å². The van der Waals surface area contributed by atoms with Gasteiger partial charge in [-0.2, -0.15) is 0 Å². The second-order valence-electron chi connectivity index (χ2n) is 12.5. The molecule has 0 saturated carbocycles. The van der Waals surface area contributed by atoms with Gasteiger partial charge in [0.05, 0.1) is 16.9 Å². The zero-order valence-electron chi connectivity index (χ0n) is 28.8. The molecular weight excluding hydrogens is 617 g/mol. The summed E-state index contributed by atoms with van der Waals surface area (Å²) in [5, 5.41) is 0. The van der Waals surface area contributed by atoms with Crippen LogP contribution >= 0.6 is 0 Å². The number of hydrogen-bond donors (Lipinski definition) is 4. The number of guanidine groups is 2. The summed E-state index contributed by atoms with van der Waals surface area (Å²) in [5.74, 6) is 1.25. The number of nitrogens with one attached hydrogen (secondary N) is 2. The van der Waals surface area contributed by atoms with Crippen LogP contribution in [0.25, 0.3) is 0 Å². The maximum Gasteiger partial charge on any atom is 0.264 e. The molecule has 0 radical (unpaired) electrons. The highest BCUT2D eigenvalue weighted by Crippen LogP contribution is 2.43. The lowest BCUT2D eigenvalue weighted by Gasteiger charge is -2.19. The van der Waals surface area contributed by atoms with Crippen molar-refractivity contribution < 1.29 is 26.3 Å². The van der Waals surface area contributed by atoms with Crippen molar-refractivity contribution in [3.63, 3.8) is 0 Å². The molecule has 0 fully saturated rings. The second-order valence-corrected chi connectivity index (χ2v) is 15.7. The number of sulfonamides is 2. The number of ether oxygens (including phenoxy) is 2. The van der Waals surface area contributed by atoms with Crippen molar-refractivity contribution in [2.75, 3.05) is 7.11 Å². The Morgan fingerprint density at radius 1 is 0.800 bits per heavy atom. The highest BCUT2D eigenvalue weighted by molar-refractivity contribution is 7.90. The van der Waals surface area contributed by atoms with E-state index in [0.717, 1.165) is 22.4 Å². The summed E-state index contributed by atoms with van der Waals surface area (Å²) in [6.07, 6.45) is 0.674. The van der Waals surface area contributed by atoms with E-state index in [-0.39, 0.29) is 39.4 Å². The molecule has 0 bridgehead atoms. The third-order valence-corrected chi connectivity index (χ3v) is 10.6. The minimum absolute atomic E-state index is 0.0903. The van der Waals surface area contributed by atoms with E-state index in [4.69, 9.17) is 20.9 Å². The standard InChI is InChI=1S/C17H27N3O3S.C14H23N3O3S/c1-9(2)19-16(18)20-24(21,22)15-11(4)10(3)14-13(12(15)5)8-17(6,7)23-14;1-8(2)16-14(15)17-21(18,19)13-9(3)7-12(20-6)10(4)11(13)5/h9H,8H2,1-7H3,(H3,18,19,20);7-8H,1-6H3,(H3,15,16,17). The maximum atomic E-state index is 12.9. The average molecular weight is 667 g/mol. The fourth-order valence-electron chi connectivity index (χ4n) is 5.28. The van der Waals surface area contributed by atoms with Gasteiger partial charge in [-0.25, -0.2) is 36.3 Å². The number of methoxy groups -OCH3 is 1. The molecule has 1 aliphatic rings. The van der Waals surface area contributed by atoms with Crippen molar-refractivity contribution in [2.45, 2.75) is 117 Å². The molecule has 14 heteroatoms. The monoisotopic (exact) mass is 666 g/mol. The number of rotatable bonds is 7. The molecule has 0 unspecified atom stereocenters. The number of nitrogens with zero attached hydrogens (tertiary/aromatic N) is 2. The summed E-state index contributed by atoms with van der Waals surface area (Å²) in [7, 11) is -6.03. The first-order valence-corrected chi connectivity index (χ1v) is 17.6. The van der Waals surface area contributed by atoms with E-state index in [0.29, 0.717) is 34.4 Å². The van der Waals surface area contributed by atoms with E-state index >= 15 is 0 Å². The summed E-state index contributed by atoms with van der Waals surface area (Å²) >= 11 is 0. The largest absolute Gasteiger partial charge is 0.496 e. The van der Waals surface area contributed by atoms with Crippen LogP contribution in [0.5, 0.6) is 11.5 Å². The fourth-order valence-corrected chi connectivity index (χ4v) is 8.26. The number of benzene rings is 2. The topological polar surface area (TPSA) is 188 Å². The number of aryl methyl sites for hydroxylation is 1. The summed E-state index contributed by atoms with van der Waals surface area (Å²) in [6.45, 7) is 22.1. The van der Waals surface area contributed by atoms with E-state index in [1.807, 2.05) is 62.3 Å². The highest BCUT2D eigenvalue weighted by atomic mass is 32.2. The van der Waals surface area contributed by atoms with E-state index < -0.39 is 20.0 Å². The van der Waals surface area contributed by atoms with Crippen LogP contribution in [0.1, 0.15) is 80.5 Å². The van der Waals surface area contributed by atoms with Gasteiger partial charge in [-0.15, -0.1) is 0 Å². The summed E-state index contributed by atoms with van der Waals surface area (Å²) in [5.41, 5.74) is 16.2. The quantitative estimate of drug-likeness (QED) is 0.253. The lowest BCUT2D eigenvalue weighted by Crippen LogP contribution is -2.38. The smallest absolute Gasteiger partial charge is 0.264 e. The SMILES string of the molecule is COc1cc(C)c(S(=O)(=O)NC(N)=NC(C)C)c(C)c1C.Cc1c(C)c(S(=O)(=O)NC(N)=NC(C)C)c(C)c2c1OC(C)(C)C2. The van der Waals surface area contributed by atoms with E-state index in [2.05, 4.69) is 19.4 Å². The first kappa shape index (κ1) is 37.7. The summed E-state index contributed by atoms with van der Waals surface area (Å²) < 4.78 is 66.7. The molecule has 1 aliphatic heterocycles. The molecule has 3 rings (SSSR count). The van der Waals surface area contributed by atoms with E-state index in [1.54, 1.807) is 33.9 Å². The normalized spacial score (nSPS) is 14.9. The maximum absolute atomic E-state index is 12.9. The van der Waals surface area contributed by atoms with Crippen molar-refractivity contribution in [1.29, 1.82) is 0 Å². The van der Waals surface area contributed by atoms with E-state index in [9.17, 15) is 16.8 Å². The lowest BCUT2D eigenvalue weighted by molar-refractivity contribution is 0.137. The fraction of sp³-hybridized carbons (Fsp3) is 0.548. The minimum Gasteiger partial charge on any atom is -0.496 e. The first-order chi connectivity index (χ1) is 20.5. The van der Waals surface area contributed by atoms with Crippen LogP contribution < -0.4 is 30.4 Å². The Morgan fingerprint density at radius 3 is 1.69 bits per heavy atom. The number of hydrogen-bond acceptors (Lipinski definition) is 8. The zero-order valence-corrected chi connectivity index (χ0v) is 30.4. The third-order valence-electron chi connectivity index (χ3n) is 7.30. The lowest BCUT2D eigenvalue weighted by atomic mass is 9.94. The van der Waals surface area contributed by atoms with Crippen LogP contribution in [0.4, 0.5) is 0 Å². The summed E-state index contributed by atoms with van der Waals surface area (Å²) in [6, 6.07) is 1.52. The molecule has 0 aromatic heterocycles. The van der Waals surface area contributed by atoms with Gasteiger partial charge in [-0.3, -0.25) is 0 Å². The predicted octanol–water partition coefficient (Wildman–Crippen LogP) is 3.95. The van der Waals surface area contributed by atoms with Crippen molar-refractivity contribution in [2.24, 2.45) is 21.5 Å². The molecule has 45 heavy (non-hydrogen) atoms. The van der Waals surface area contributed by atoms with Gasteiger partial charge in [0.25, 0.3) is 20.0 Å². The van der Waals surface area contributed by atoms with Gasteiger partial charge in [-0.1, -0.05) is 0 Å². The van der Waals surface area contributed by atoms with Crippen LogP contribution in [0.3, 0.4) is 0 Å². The van der Waals surface area contributed by atoms with Gasteiger partial charge in [0, 0.05) is 24.1 Å². The van der Waals surface area contributed by atoms with Crippen LogP contribution in [0, 0.1) is 41.5 Å². The Bertz CT molecular complexity index is 1730. The van der Waals surface area contributed by atoms with Gasteiger partial charge in [0.1, 0.15) is 17.1 Å². The second kappa shape index (κ2) is 13.9. The van der Waals surface area contributed by atoms with E-state index in [1.165, 1.54) is 0 Å². The molecule has 2 aromatic rings. The zero-order chi connectivity index (χ0) is 34.8. The van der Waals surface area contributed by atoms with Crippen LogP contribution in [0.15, 0.2) is 25.8 Å². The van der Waals surface area contributed by atoms with Gasteiger partial charge in [0.15, 0.2) is 0 Å². The predicted molar refractivity (Wildman–Crippen MR) is 180 cm³/mol. The minimum atomic E-state index is -3.81. The molecule has 6 N–H and O–H groups in total. The Kier molecular flexibility index (Phi) is 11.6. The van der Waals surface area contributed by atoms with Crippen molar-refractivity contribution in [3.05, 3.63) is 45.0 Å². The Balaban J connectivity index is 0.000000317. The molecule has 0 saturated heterocycles. The third kappa shape index (κ3) is 8.81. The Morgan fingerprint density at radius 2 is 1.24 bits per heavy atom. The average Bonchev–Trinajstić information content (AvgIpc) is 3.19. The number of fused-ring (bicyclic) bond motifs is 1. The molecule has 1 heterocycles. The molecule has 0 amide bonds. The number of aliphatic imine (C=N–C) groups is 2. The molecule has 0 atom stereocenters. The molecule has 12 nitrogen and oxygen atoms in total. The van der Waals surface area contributed by atoms with Gasteiger partial charge >= 0.3 is 0 Å². The van der Waals surface area contributed by atoms with Crippen LogP contribution in [-0.2, 0) is 26.5 Å². The number of nitrogens with two attached hydrogens (primary N) is 2. The highest BCUT2D eigenvalue weighted by Gasteiger charge is 2.36. The van der Waals surface area contributed by atoms with Gasteiger partial charge < -0.3 is 20.9 Å². The Hall–Kier alpha value is -3.52.